The lowest BCUT2D eigenvalue weighted by Crippen LogP contribution is -2.37. The fourth-order valence-electron chi connectivity index (χ4n) is 3.20. The zero-order valence-corrected chi connectivity index (χ0v) is 16.3. The molecule has 4 nitrogen and oxygen atoms in total. The highest BCUT2D eigenvalue weighted by molar-refractivity contribution is 9.10. The lowest BCUT2D eigenvalue weighted by atomic mass is 9.99. The minimum Gasteiger partial charge on any atom is -0.497 e. The van der Waals surface area contributed by atoms with Gasteiger partial charge in [-0.2, -0.15) is 0 Å². The van der Waals surface area contributed by atoms with Gasteiger partial charge >= 0.3 is 0 Å². The molecular weight excluding hydrogens is 404 g/mol. The van der Waals surface area contributed by atoms with Crippen LogP contribution in [0.4, 0.5) is 5.69 Å². The van der Waals surface area contributed by atoms with Crippen molar-refractivity contribution in [2.45, 2.75) is 25.3 Å². The predicted octanol–water partition coefficient (Wildman–Crippen LogP) is 4.48. The quantitative estimate of drug-likeness (QED) is 0.789. The summed E-state index contributed by atoms with van der Waals surface area (Å²) in [4.78, 5) is 14.7. The van der Waals surface area contributed by atoms with Crippen LogP contribution in [0, 0.1) is 0 Å². The number of nitrogens with two attached hydrogens (primary N) is 1. The van der Waals surface area contributed by atoms with Gasteiger partial charge in [0.25, 0.3) is 0 Å². The first-order valence-corrected chi connectivity index (χ1v) is 9.35. The molecule has 132 valence electrons. The molecule has 0 bridgehead atoms. The van der Waals surface area contributed by atoms with Crippen molar-refractivity contribution in [2.75, 3.05) is 18.6 Å². The number of amides is 1. The molecule has 1 amide bonds. The molecule has 0 fully saturated rings. The Kier molecular flexibility index (Phi) is 5.67. The van der Waals surface area contributed by atoms with E-state index in [1.807, 2.05) is 36.4 Å². The minimum absolute atomic E-state index is 0.00994. The van der Waals surface area contributed by atoms with E-state index in [0.29, 0.717) is 11.6 Å². The molecule has 1 heterocycles. The molecule has 1 atom stereocenters. The summed E-state index contributed by atoms with van der Waals surface area (Å²) in [7, 11) is 1.61. The first-order valence-electron chi connectivity index (χ1n) is 8.18. The first-order chi connectivity index (χ1) is 12.0. The van der Waals surface area contributed by atoms with E-state index in [2.05, 4.69) is 15.9 Å². The first kappa shape index (κ1) is 18.2. The maximum Gasteiger partial charge on any atom is 0.228 e. The number of fused-ring (bicyclic) bond motifs is 1. The molecule has 0 aromatic heterocycles. The second-order valence-corrected chi connectivity index (χ2v) is 7.36. The maximum atomic E-state index is 12.9. The van der Waals surface area contributed by atoms with Crippen LogP contribution in [0.15, 0.2) is 40.9 Å². The lowest BCUT2D eigenvalue weighted by Gasteiger charge is -2.31. The van der Waals surface area contributed by atoms with Gasteiger partial charge in [0.15, 0.2) is 0 Å². The minimum atomic E-state index is -0.402. The number of anilines is 1. The average molecular weight is 424 g/mol. The molecule has 6 heteroatoms. The van der Waals surface area contributed by atoms with Gasteiger partial charge in [-0.05, 0) is 42.2 Å². The molecule has 0 saturated carbocycles. The maximum absolute atomic E-state index is 12.9. The highest BCUT2D eigenvalue weighted by Gasteiger charge is 2.26. The Balaban J connectivity index is 1.79. The zero-order valence-electron chi connectivity index (χ0n) is 14.0. The zero-order chi connectivity index (χ0) is 18.0. The van der Waals surface area contributed by atoms with E-state index in [1.165, 1.54) is 0 Å². The molecule has 1 unspecified atom stereocenters. The van der Waals surface area contributed by atoms with Crippen LogP contribution in [0.5, 0.6) is 5.75 Å². The van der Waals surface area contributed by atoms with E-state index in [9.17, 15) is 4.79 Å². The van der Waals surface area contributed by atoms with Gasteiger partial charge in [0.05, 0.1) is 17.8 Å². The molecule has 1 aliphatic rings. The van der Waals surface area contributed by atoms with Crippen molar-refractivity contribution in [3.63, 3.8) is 0 Å². The SMILES string of the molecule is COc1ccc(C(N)CC(=O)N2CCCc3cccc(Cl)c32)c(Br)c1. The van der Waals surface area contributed by atoms with Gasteiger partial charge in [0.2, 0.25) is 5.91 Å². The standard InChI is InChI=1S/C19H20BrClN2O2/c1-25-13-7-8-14(15(20)10-13)17(22)11-18(24)23-9-3-5-12-4-2-6-16(21)19(12)23/h2,4,6-8,10,17H,3,5,9,11,22H2,1H3. The molecule has 0 saturated heterocycles. The highest BCUT2D eigenvalue weighted by Crippen LogP contribution is 2.35. The molecule has 1 aliphatic heterocycles. The van der Waals surface area contributed by atoms with E-state index in [0.717, 1.165) is 39.9 Å². The van der Waals surface area contributed by atoms with Crippen LogP contribution >= 0.6 is 27.5 Å². The van der Waals surface area contributed by atoms with E-state index >= 15 is 0 Å². The van der Waals surface area contributed by atoms with Crippen molar-refractivity contribution in [2.24, 2.45) is 5.73 Å². The second-order valence-electron chi connectivity index (χ2n) is 6.09. The fraction of sp³-hybridized carbons (Fsp3) is 0.316. The Morgan fingerprint density at radius 2 is 2.20 bits per heavy atom. The summed E-state index contributed by atoms with van der Waals surface area (Å²) < 4.78 is 6.03. The van der Waals surface area contributed by atoms with Gasteiger partial charge in [0.1, 0.15) is 5.75 Å². The average Bonchev–Trinajstić information content (AvgIpc) is 2.61. The smallest absolute Gasteiger partial charge is 0.228 e. The van der Waals surface area contributed by atoms with E-state index < -0.39 is 6.04 Å². The highest BCUT2D eigenvalue weighted by atomic mass is 79.9. The Bertz CT molecular complexity index is 797. The van der Waals surface area contributed by atoms with Crippen molar-refractivity contribution in [3.05, 3.63) is 57.0 Å². The number of benzene rings is 2. The van der Waals surface area contributed by atoms with Crippen molar-refractivity contribution >= 4 is 39.1 Å². The van der Waals surface area contributed by atoms with Crippen LogP contribution in [0.25, 0.3) is 0 Å². The van der Waals surface area contributed by atoms with Gasteiger partial charge < -0.3 is 15.4 Å². The Hall–Kier alpha value is -1.56. The van der Waals surface area contributed by atoms with Gasteiger partial charge in [-0.15, -0.1) is 0 Å². The van der Waals surface area contributed by atoms with E-state index in [1.54, 1.807) is 12.0 Å². The summed E-state index contributed by atoms with van der Waals surface area (Å²) in [6.45, 7) is 0.673. The lowest BCUT2D eigenvalue weighted by molar-refractivity contribution is -0.119. The third-order valence-corrected chi connectivity index (χ3v) is 5.46. The molecule has 3 rings (SSSR count). The third kappa shape index (κ3) is 3.84. The normalized spacial score (nSPS) is 14.8. The predicted molar refractivity (Wildman–Crippen MR) is 104 cm³/mol. The number of methoxy groups -OCH3 is 1. The summed E-state index contributed by atoms with van der Waals surface area (Å²) in [5, 5.41) is 0.616. The van der Waals surface area contributed by atoms with Crippen molar-refractivity contribution in [1.82, 2.24) is 0 Å². The van der Waals surface area contributed by atoms with Crippen LogP contribution < -0.4 is 15.4 Å². The fourth-order valence-corrected chi connectivity index (χ4v) is 4.14. The monoisotopic (exact) mass is 422 g/mol. The number of hydrogen-bond donors (Lipinski definition) is 1. The molecule has 0 aliphatic carbocycles. The molecule has 2 aromatic carbocycles. The Morgan fingerprint density at radius 1 is 1.40 bits per heavy atom. The van der Waals surface area contributed by atoms with Crippen LogP contribution in [0.3, 0.4) is 0 Å². The van der Waals surface area contributed by atoms with Gasteiger partial charge in [-0.25, -0.2) is 0 Å². The number of rotatable bonds is 4. The van der Waals surface area contributed by atoms with Gasteiger partial charge in [-0.1, -0.05) is 45.7 Å². The van der Waals surface area contributed by atoms with Crippen molar-refractivity contribution in [3.8, 4) is 5.75 Å². The topological polar surface area (TPSA) is 55.6 Å². The van der Waals surface area contributed by atoms with Crippen molar-refractivity contribution < 1.29 is 9.53 Å². The number of aryl methyl sites for hydroxylation is 1. The molecule has 25 heavy (non-hydrogen) atoms. The summed E-state index contributed by atoms with van der Waals surface area (Å²) in [5.74, 6) is 0.732. The number of carbonyl (C=O) groups is 1. The van der Waals surface area contributed by atoms with Gasteiger partial charge in [-0.3, -0.25) is 4.79 Å². The number of nitrogens with zero attached hydrogens (tertiary/aromatic N) is 1. The summed E-state index contributed by atoms with van der Waals surface area (Å²) in [5.41, 5.74) is 9.13. The molecule has 0 spiro atoms. The largest absolute Gasteiger partial charge is 0.497 e. The number of carbonyl (C=O) groups excluding carboxylic acids is 1. The molecule has 2 N–H and O–H groups in total. The molecule has 2 aromatic rings. The number of halogens is 2. The Morgan fingerprint density at radius 3 is 2.92 bits per heavy atom. The summed E-state index contributed by atoms with van der Waals surface area (Å²) in [6.07, 6.45) is 2.09. The second kappa shape index (κ2) is 7.77. The summed E-state index contributed by atoms with van der Waals surface area (Å²) >= 11 is 9.85. The summed E-state index contributed by atoms with van der Waals surface area (Å²) in [6, 6.07) is 11.0. The van der Waals surface area contributed by atoms with E-state index in [-0.39, 0.29) is 12.3 Å². The third-order valence-electron chi connectivity index (χ3n) is 4.47. The van der Waals surface area contributed by atoms with Crippen LogP contribution in [0.2, 0.25) is 5.02 Å². The Labute approximate surface area is 161 Å². The number of ether oxygens (including phenoxy) is 1. The van der Waals surface area contributed by atoms with Crippen LogP contribution in [0.1, 0.15) is 30.0 Å². The molecule has 0 radical (unpaired) electrons. The van der Waals surface area contributed by atoms with E-state index in [4.69, 9.17) is 22.1 Å². The molecular formula is C19H20BrClN2O2. The van der Waals surface area contributed by atoms with Crippen LogP contribution in [-0.2, 0) is 11.2 Å². The van der Waals surface area contributed by atoms with Crippen molar-refractivity contribution in [1.29, 1.82) is 0 Å². The number of hydrogen-bond acceptors (Lipinski definition) is 3. The van der Waals surface area contributed by atoms with Gasteiger partial charge in [0, 0.05) is 23.5 Å². The van der Waals surface area contributed by atoms with Crippen LogP contribution in [-0.4, -0.2) is 19.6 Å². The number of para-hydroxylation sites is 1.